The molecule has 0 atom stereocenters. The van der Waals surface area contributed by atoms with E-state index in [0.717, 1.165) is 5.69 Å². The van der Waals surface area contributed by atoms with E-state index in [-0.39, 0.29) is 17.6 Å². The van der Waals surface area contributed by atoms with Crippen LogP contribution in [-0.2, 0) is 0 Å². The number of piperazine rings is 1. The Morgan fingerprint density at radius 3 is 2.47 bits per heavy atom. The summed E-state index contributed by atoms with van der Waals surface area (Å²) in [6, 6.07) is 16.4. The second-order valence-corrected chi connectivity index (χ2v) is 8.29. The summed E-state index contributed by atoms with van der Waals surface area (Å²) in [7, 11) is 0. The van der Waals surface area contributed by atoms with Crippen LogP contribution in [-0.4, -0.2) is 61.6 Å². The molecule has 1 aromatic heterocycles. The van der Waals surface area contributed by atoms with Gasteiger partial charge in [-0.3, -0.25) is 9.59 Å². The normalized spacial score (nSPS) is 15.8. The van der Waals surface area contributed by atoms with Crippen molar-refractivity contribution in [1.82, 2.24) is 24.6 Å². The van der Waals surface area contributed by atoms with Crippen LogP contribution in [0.3, 0.4) is 0 Å². The van der Waals surface area contributed by atoms with E-state index >= 15 is 0 Å². The molecule has 2 heterocycles. The Kier molecular flexibility index (Phi) is 5.30. The topological polar surface area (TPSA) is 71.3 Å². The maximum absolute atomic E-state index is 13.1. The van der Waals surface area contributed by atoms with Gasteiger partial charge in [0.15, 0.2) is 0 Å². The molecule has 2 aromatic carbocycles. The molecule has 0 spiro atoms. The van der Waals surface area contributed by atoms with Gasteiger partial charge in [-0.15, -0.1) is 5.10 Å². The van der Waals surface area contributed by atoms with Crippen LogP contribution in [0.1, 0.15) is 34.8 Å². The highest BCUT2D eigenvalue weighted by molar-refractivity contribution is 6.30. The average Bonchev–Trinajstić information content (AvgIpc) is 3.23. The Morgan fingerprint density at radius 1 is 1.00 bits per heavy atom. The molecule has 1 aliphatic heterocycles. The molecule has 1 saturated heterocycles. The van der Waals surface area contributed by atoms with Crippen LogP contribution in [0, 0.1) is 0 Å². The van der Waals surface area contributed by atoms with Crippen LogP contribution in [0.15, 0.2) is 60.9 Å². The molecule has 154 valence electrons. The smallest absolute Gasteiger partial charge is 0.294 e. The Hall–Kier alpha value is -3.19. The van der Waals surface area contributed by atoms with E-state index in [1.54, 1.807) is 38.7 Å². The van der Waals surface area contributed by atoms with Crippen molar-refractivity contribution >= 4 is 23.4 Å². The number of nitrogens with zero attached hydrogens (tertiary/aromatic N) is 5. The quantitative estimate of drug-likeness (QED) is 0.648. The Morgan fingerprint density at radius 2 is 1.77 bits per heavy atom. The third-order valence-electron chi connectivity index (χ3n) is 5.21. The Balaban J connectivity index is 1.49. The zero-order valence-corrected chi connectivity index (χ0v) is 17.6. The summed E-state index contributed by atoms with van der Waals surface area (Å²) >= 11 is 6.02. The molecule has 8 heteroatoms. The SMILES string of the molecule is CC1(C)CN(C(=O)c2cccc(Cl)c2)CCN1C(=O)c1ncn(-c2ccccc2)n1. The van der Waals surface area contributed by atoms with E-state index in [0.29, 0.717) is 30.2 Å². The number of hydrogen-bond acceptors (Lipinski definition) is 4. The van der Waals surface area contributed by atoms with Crippen LogP contribution in [0.4, 0.5) is 0 Å². The maximum Gasteiger partial charge on any atom is 0.294 e. The molecule has 0 aliphatic carbocycles. The van der Waals surface area contributed by atoms with Crippen LogP contribution in [0.5, 0.6) is 0 Å². The van der Waals surface area contributed by atoms with Crippen LogP contribution < -0.4 is 0 Å². The first-order chi connectivity index (χ1) is 14.3. The maximum atomic E-state index is 13.1. The first-order valence-electron chi connectivity index (χ1n) is 9.69. The molecule has 0 radical (unpaired) electrons. The molecule has 0 unspecified atom stereocenters. The van der Waals surface area contributed by atoms with Crippen molar-refractivity contribution in [3.8, 4) is 5.69 Å². The van der Waals surface area contributed by atoms with Gasteiger partial charge < -0.3 is 9.80 Å². The molecule has 7 nitrogen and oxygen atoms in total. The van der Waals surface area contributed by atoms with E-state index in [4.69, 9.17) is 11.6 Å². The fraction of sp³-hybridized carbons (Fsp3) is 0.273. The lowest BCUT2D eigenvalue weighted by Gasteiger charge is -2.46. The standard InChI is InChI=1S/C22H22ClN5O2/c1-22(2)14-26(20(29)16-7-6-8-17(23)13-16)11-12-27(22)21(30)19-24-15-28(25-19)18-9-4-3-5-10-18/h3-10,13,15H,11-12,14H2,1-2H3. The summed E-state index contributed by atoms with van der Waals surface area (Å²) in [5.41, 5.74) is 0.809. The predicted molar refractivity (Wildman–Crippen MR) is 114 cm³/mol. The van der Waals surface area contributed by atoms with Gasteiger partial charge in [0.05, 0.1) is 11.2 Å². The zero-order chi connectivity index (χ0) is 21.3. The van der Waals surface area contributed by atoms with Gasteiger partial charge in [-0.1, -0.05) is 35.9 Å². The second-order valence-electron chi connectivity index (χ2n) is 7.85. The van der Waals surface area contributed by atoms with Crippen molar-refractivity contribution in [2.45, 2.75) is 19.4 Å². The van der Waals surface area contributed by atoms with Gasteiger partial charge in [-0.2, -0.15) is 0 Å². The van der Waals surface area contributed by atoms with Crippen molar-refractivity contribution in [1.29, 1.82) is 0 Å². The number of carbonyl (C=O) groups excluding carboxylic acids is 2. The number of rotatable bonds is 3. The van der Waals surface area contributed by atoms with Crippen LogP contribution in [0.2, 0.25) is 5.02 Å². The summed E-state index contributed by atoms with van der Waals surface area (Å²) in [5.74, 6) is -0.199. The first kappa shape index (κ1) is 20.1. The molecular weight excluding hydrogens is 402 g/mol. The number of amides is 2. The summed E-state index contributed by atoms with van der Waals surface area (Å²) < 4.78 is 1.58. The third kappa shape index (κ3) is 3.93. The predicted octanol–water partition coefficient (Wildman–Crippen LogP) is 3.30. The Bertz CT molecular complexity index is 1080. The molecule has 1 fully saturated rings. The summed E-state index contributed by atoms with van der Waals surface area (Å²) in [4.78, 5) is 33.7. The number of carbonyl (C=O) groups is 2. The van der Waals surface area contributed by atoms with Gasteiger partial charge in [0.1, 0.15) is 6.33 Å². The first-order valence-corrected chi connectivity index (χ1v) is 10.1. The fourth-order valence-corrected chi connectivity index (χ4v) is 3.89. The number of hydrogen-bond donors (Lipinski definition) is 0. The van der Waals surface area contributed by atoms with Gasteiger partial charge >= 0.3 is 0 Å². The monoisotopic (exact) mass is 423 g/mol. The van der Waals surface area contributed by atoms with Gasteiger partial charge in [0.2, 0.25) is 5.82 Å². The molecule has 0 bridgehead atoms. The van der Waals surface area contributed by atoms with Gasteiger partial charge in [-0.25, -0.2) is 9.67 Å². The number of benzene rings is 2. The number of aromatic nitrogens is 3. The van der Waals surface area contributed by atoms with Gasteiger partial charge in [0, 0.05) is 30.2 Å². The number of halogens is 1. The zero-order valence-electron chi connectivity index (χ0n) is 16.8. The van der Waals surface area contributed by atoms with Crippen molar-refractivity contribution < 1.29 is 9.59 Å². The van der Waals surface area contributed by atoms with Gasteiger partial charge in [0.25, 0.3) is 11.8 Å². The lowest BCUT2D eigenvalue weighted by molar-refractivity contribution is 0.0160. The van der Waals surface area contributed by atoms with E-state index in [1.165, 1.54) is 6.33 Å². The second kappa shape index (κ2) is 7.91. The molecule has 30 heavy (non-hydrogen) atoms. The molecular formula is C22H22ClN5O2. The molecule has 0 N–H and O–H groups in total. The largest absolute Gasteiger partial charge is 0.335 e. The minimum atomic E-state index is -0.568. The van der Waals surface area contributed by atoms with E-state index in [1.807, 2.05) is 44.2 Å². The van der Waals surface area contributed by atoms with Crippen molar-refractivity contribution in [2.24, 2.45) is 0 Å². The molecule has 1 aliphatic rings. The van der Waals surface area contributed by atoms with E-state index in [9.17, 15) is 9.59 Å². The lowest BCUT2D eigenvalue weighted by atomic mass is 9.97. The van der Waals surface area contributed by atoms with Crippen LogP contribution >= 0.6 is 11.6 Å². The summed E-state index contributed by atoms with van der Waals surface area (Å²) in [6.07, 6.45) is 1.54. The highest BCUT2D eigenvalue weighted by atomic mass is 35.5. The summed E-state index contributed by atoms with van der Waals surface area (Å²) in [6.45, 7) is 5.12. The highest BCUT2D eigenvalue weighted by Gasteiger charge is 2.40. The average molecular weight is 424 g/mol. The van der Waals surface area contributed by atoms with Gasteiger partial charge in [-0.05, 0) is 44.2 Å². The molecule has 4 rings (SSSR count). The minimum absolute atomic E-state index is 0.0934. The Labute approximate surface area is 179 Å². The van der Waals surface area contributed by atoms with Crippen molar-refractivity contribution in [3.05, 3.63) is 77.3 Å². The van der Waals surface area contributed by atoms with Crippen molar-refractivity contribution in [3.63, 3.8) is 0 Å². The molecule has 2 amide bonds. The number of para-hydroxylation sites is 1. The van der Waals surface area contributed by atoms with E-state index < -0.39 is 5.54 Å². The molecule has 0 saturated carbocycles. The summed E-state index contributed by atoms with van der Waals surface area (Å²) in [5, 5.41) is 4.87. The minimum Gasteiger partial charge on any atom is -0.335 e. The van der Waals surface area contributed by atoms with Crippen LogP contribution in [0.25, 0.3) is 5.69 Å². The fourth-order valence-electron chi connectivity index (χ4n) is 3.70. The third-order valence-corrected chi connectivity index (χ3v) is 5.44. The highest BCUT2D eigenvalue weighted by Crippen LogP contribution is 2.24. The van der Waals surface area contributed by atoms with E-state index in [2.05, 4.69) is 10.1 Å². The molecule has 3 aromatic rings. The lowest BCUT2D eigenvalue weighted by Crippen LogP contribution is -2.62. The van der Waals surface area contributed by atoms with Crippen molar-refractivity contribution in [2.75, 3.05) is 19.6 Å².